The summed E-state index contributed by atoms with van der Waals surface area (Å²) in [4.78, 5) is 13.7. The van der Waals surface area contributed by atoms with Gasteiger partial charge in [-0.2, -0.15) is 0 Å². The summed E-state index contributed by atoms with van der Waals surface area (Å²) in [7, 11) is 0. The third kappa shape index (κ3) is 5.92. The first-order valence-corrected chi connectivity index (χ1v) is 9.14. The molecule has 1 aromatic rings. The molecule has 2 N–H and O–H groups in total. The number of aliphatic hydroxyl groups is 1. The second-order valence-electron chi connectivity index (χ2n) is 7.26. The number of hydrogen-bond acceptors (Lipinski definition) is 5. The number of carbonyl (C=O) groups is 1. The Balaban J connectivity index is 1.99. The van der Waals surface area contributed by atoms with Crippen LogP contribution in [0.25, 0.3) is 0 Å². The van der Waals surface area contributed by atoms with Gasteiger partial charge in [-0.25, -0.2) is 9.18 Å². The van der Waals surface area contributed by atoms with Gasteiger partial charge in [0.25, 0.3) is 0 Å². The molecular formula is C18H26ClFN2O4. The second kappa shape index (κ2) is 8.77. The Kier molecular flexibility index (Phi) is 6.94. The summed E-state index contributed by atoms with van der Waals surface area (Å²) in [5, 5.41) is 12.4. The molecule has 8 heteroatoms. The van der Waals surface area contributed by atoms with Gasteiger partial charge in [-0.1, -0.05) is 6.07 Å². The minimum atomic E-state index is -0.793. The predicted octanol–water partition coefficient (Wildman–Crippen LogP) is 3.23. The lowest BCUT2D eigenvalue weighted by atomic mass is 10.2. The van der Waals surface area contributed by atoms with Crippen LogP contribution < -0.4 is 10.1 Å². The van der Waals surface area contributed by atoms with E-state index in [0.29, 0.717) is 25.3 Å². The number of carbonyl (C=O) groups excluding carboxylic acids is 1. The van der Waals surface area contributed by atoms with Crippen molar-refractivity contribution in [1.82, 2.24) is 4.90 Å². The second-order valence-corrected chi connectivity index (χ2v) is 7.57. The quantitative estimate of drug-likeness (QED) is 0.732. The van der Waals surface area contributed by atoms with Gasteiger partial charge < -0.3 is 24.8 Å². The average Bonchev–Trinajstić information content (AvgIpc) is 3.01. The van der Waals surface area contributed by atoms with Gasteiger partial charge in [-0.3, -0.25) is 0 Å². The van der Waals surface area contributed by atoms with Crippen LogP contribution in [0.2, 0.25) is 0 Å². The fourth-order valence-corrected chi connectivity index (χ4v) is 2.65. The van der Waals surface area contributed by atoms with Gasteiger partial charge in [-0.15, -0.1) is 11.6 Å². The van der Waals surface area contributed by atoms with Gasteiger partial charge in [0, 0.05) is 19.5 Å². The number of para-hydroxylation sites is 1. The van der Waals surface area contributed by atoms with Gasteiger partial charge in [0.05, 0.1) is 18.5 Å². The van der Waals surface area contributed by atoms with E-state index in [1.807, 2.05) is 20.8 Å². The zero-order chi connectivity index (χ0) is 19.3. The molecular weight excluding hydrogens is 363 g/mol. The molecule has 1 aliphatic rings. The molecule has 1 heterocycles. The van der Waals surface area contributed by atoms with Crippen molar-refractivity contribution in [2.75, 3.05) is 30.8 Å². The summed E-state index contributed by atoms with van der Waals surface area (Å²) in [5.74, 6) is -0.0976. The minimum Gasteiger partial charge on any atom is -0.486 e. The van der Waals surface area contributed by atoms with Crippen molar-refractivity contribution in [3.05, 3.63) is 24.0 Å². The van der Waals surface area contributed by atoms with Crippen molar-refractivity contribution in [3.63, 3.8) is 0 Å². The van der Waals surface area contributed by atoms with E-state index in [4.69, 9.17) is 21.1 Å². The van der Waals surface area contributed by atoms with E-state index in [0.717, 1.165) is 0 Å². The van der Waals surface area contributed by atoms with Crippen molar-refractivity contribution >= 4 is 23.4 Å². The molecule has 6 nitrogen and oxygen atoms in total. The number of benzene rings is 1. The molecule has 0 aromatic heterocycles. The number of anilines is 1. The van der Waals surface area contributed by atoms with Crippen LogP contribution >= 0.6 is 11.6 Å². The van der Waals surface area contributed by atoms with E-state index >= 15 is 0 Å². The minimum absolute atomic E-state index is 0.0467. The number of halogens is 2. The molecule has 0 saturated carbocycles. The number of likely N-dealkylation sites (tertiary alicyclic amines) is 1. The summed E-state index contributed by atoms with van der Waals surface area (Å²) in [6, 6.07) is 4.51. The number of nitrogens with one attached hydrogen (secondary N) is 1. The Hall–Kier alpha value is -1.73. The maximum Gasteiger partial charge on any atom is 0.410 e. The highest BCUT2D eigenvalue weighted by Gasteiger charge is 2.31. The number of amides is 1. The monoisotopic (exact) mass is 388 g/mol. The molecule has 0 bridgehead atoms. The predicted molar refractivity (Wildman–Crippen MR) is 98.5 cm³/mol. The van der Waals surface area contributed by atoms with E-state index in [-0.39, 0.29) is 30.3 Å². The molecule has 146 valence electrons. The molecule has 2 rings (SSSR count). The molecule has 2 unspecified atom stereocenters. The van der Waals surface area contributed by atoms with Crippen molar-refractivity contribution < 1.29 is 23.8 Å². The standard InChI is InChI=1S/C18H26ClFN2O4/c1-18(2,3)26-17(24)22-8-7-13(11-22)25-15-6-4-5-14(20)16(15)21-10-12(23)9-19/h4-6,12-13,21,23H,7-11H2,1-3H3. The van der Waals surface area contributed by atoms with Crippen LogP contribution in [0.3, 0.4) is 0 Å². The summed E-state index contributed by atoms with van der Waals surface area (Å²) in [6.45, 7) is 6.44. The highest BCUT2D eigenvalue weighted by molar-refractivity contribution is 6.18. The lowest BCUT2D eigenvalue weighted by molar-refractivity contribution is 0.0275. The maximum absolute atomic E-state index is 14.1. The van der Waals surface area contributed by atoms with Gasteiger partial charge in [0.1, 0.15) is 29.0 Å². The molecule has 2 atom stereocenters. The van der Waals surface area contributed by atoms with Crippen LogP contribution in [0.5, 0.6) is 5.75 Å². The molecule has 1 aliphatic heterocycles. The third-order valence-electron chi connectivity index (χ3n) is 3.76. The molecule has 1 amide bonds. The number of alkyl halides is 1. The topological polar surface area (TPSA) is 71.0 Å². The molecule has 1 aromatic carbocycles. The molecule has 0 radical (unpaired) electrons. The number of rotatable bonds is 6. The number of ether oxygens (including phenoxy) is 2. The highest BCUT2D eigenvalue weighted by Crippen LogP contribution is 2.30. The first kappa shape index (κ1) is 20.6. The molecule has 0 aliphatic carbocycles. The average molecular weight is 389 g/mol. The van der Waals surface area contributed by atoms with Crippen molar-refractivity contribution in [2.24, 2.45) is 0 Å². The van der Waals surface area contributed by atoms with Crippen LogP contribution in [0.4, 0.5) is 14.9 Å². The van der Waals surface area contributed by atoms with Crippen LogP contribution in [-0.4, -0.2) is 59.4 Å². The van der Waals surface area contributed by atoms with Crippen molar-refractivity contribution in [2.45, 2.75) is 45.0 Å². The number of nitrogens with zero attached hydrogens (tertiary/aromatic N) is 1. The van der Waals surface area contributed by atoms with Crippen LogP contribution in [-0.2, 0) is 4.74 Å². The molecule has 1 saturated heterocycles. The first-order valence-electron chi connectivity index (χ1n) is 8.60. The zero-order valence-corrected chi connectivity index (χ0v) is 16.1. The smallest absolute Gasteiger partial charge is 0.410 e. The van der Waals surface area contributed by atoms with Gasteiger partial charge in [0.15, 0.2) is 0 Å². The normalized spacial score (nSPS) is 18.5. The van der Waals surface area contributed by atoms with E-state index in [9.17, 15) is 14.3 Å². The molecule has 0 spiro atoms. The summed E-state index contributed by atoms with van der Waals surface area (Å²) in [5.41, 5.74) is -0.383. The Morgan fingerprint density at radius 2 is 2.23 bits per heavy atom. The van der Waals surface area contributed by atoms with Crippen molar-refractivity contribution in [1.29, 1.82) is 0 Å². The van der Waals surface area contributed by atoms with Crippen molar-refractivity contribution in [3.8, 4) is 5.75 Å². The zero-order valence-electron chi connectivity index (χ0n) is 15.3. The SMILES string of the molecule is CC(C)(C)OC(=O)N1CCC(Oc2cccc(F)c2NCC(O)CCl)C1. The Labute approximate surface area is 158 Å². The van der Waals surface area contributed by atoms with Crippen LogP contribution in [0, 0.1) is 5.82 Å². The summed E-state index contributed by atoms with van der Waals surface area (Å²) in [6.07, 6.45) is -0.813. The Morgan fingerprint density at radius 1 is 1.50 bits per heavy atom. The third-order valence-corrected chi connectivity index (χ3v) is 4.11. The lowest BCUT2D eigenvalue weighted by Gasteiger charge is -2.24. The Bertz CT molecular complexity index is 624. The van der Waals surface area contributed by atoms with Gasteiger partial charge in [0.2, 0.25) is 0 Å². The van der Waals surface area contributed by atoms with Gasteiger partial charge >= 0.3 is 6.09 Å². The largest absolute Gasteiger partial charge is 0.486 e. The van der Waals surface area contributed by atoms with Crippen LogP contribution in [0.15, 0.2) is 18.2 Å². The Morgan fingerprint density at radius 3 is 2.88 bits per heavy atom. The number of aliphatic hydroxyl groups excluding tert-OH is 1. The highest BCUT2D eigenvalue weighted by atomic mass is 35.5. The summed E-state index contributed by atoms with van der Waals surface area (Å²) >= 11 is 5.56. The van der Waals surface area contributed by atoms with Crippen LogP contribution in [0.1, 0.15) is 27.2 Å². The molecule has 1 fully saturated rings. The first-order chi connectivity index (χ1) is 12.2. The maximum atomic E-state index is 14.1. The lowest BCUT2D eigenvalue weighted by Crippen LogP contribution is -2.36. The summed E-state index contributed by atoms with van der Waals surface area (Å²) < 4.78 is 25.4. The van der Waals surface area contributed by atoms with Gasteiger partial charge in [-0.05, 0) is 32.9 Å². The van der Waals surface area contributed by atoms with E-state index < -0.39 is 17.5 Å². The fraction of sp³-hybridized carbons (Fsp3) is 0.611. The van der Waals surface area contributed by atoms with E-state index in [1.54, 1.807) is 17.0 Å². The fourth-order valence-electron chi connectivity index (χ4n) is 2.54. The van der Waals surface area contributed by atoms with E-state index in [2.05, 4.69) is 5.32 Å². The van der Waals surface area contributed by atoms with E-state index in [1.165, 1.54) is 6.07 Å². The molecule has 26 heavy (non-hydrogen) atoms. The number of hydrogen-bond donors (Lipinski definition) is 2.